The summed E-state index contributed by atoms with van der Waals surface area (Å²) < 4.78 is 5.48. The van der Waals surface area contributed by atoms with Crippen molar-refractivity contribution in [2.24, 2.45) is 11.8 Å². The molecular formula is C24H25N3O2. The zero-order valence-corrected chi connectivity index (χ0v) is 16.6. The van der Waals surface area contributed by atoms with E-state index in [1.54, 1.807) is 0 Å². The number of ether oxygens (including phenoxy) is 1. The SMILES string of the molecule is C[C@H]1COCCC1NC(=O)c1cc(CC2=CCC(C#N)C=C2)c2ccccc2n1. The van der Waals surface area contributed by atoms with Gasteiger partial charge in [-0.25, -0.2) is 4.98 Å². The van der Waals surface area contributed by atoms with Crippen LogP contribution in [0.25, 0.3) is 10.9 Å². The van der Waals surface area contributed by atoms with E-state index in [1.807, 2.05) is 42.5 Å². The van der Waals surface area contributed by atoms with Gasteiger partial charge in [-0.05, 0) is 48.4 Å². The molecule has 1 aromatic carbocycles. The highest BCUT2D eigenvalue weighted by Gasteiger charge is 2.24. The third-order valence-electron chi connectivity index (χ3n) is 5.73. The first kappa shape index (κ1) is 19.4. The number of benzene rings is 1. The minimum absolute atomic E-state index is 0.0456. The molecule has 1 saturated heterocycles. The van der Waals surface area contributed by atoms with Crippen LogP contribution >= 0.6 is 0 Å². The van der Waals surface area contributed by atoms with Crippen LogP contribution in [0.1, 0.15) is 35.8 Å². The van der Waals surface area contributed by atoms with Gasteiger partial charge in [-0.15, -0.1) is 0 Å². The Morgan fingerprint density at radius 1 is 1.38 bits per heavy atom. The number of allylic oxidation sites excluding steroid dienone is 4. The lowest BCUT2D eigenvalue weighted by atomic mass is 9.92. The number of nitrogens with one attached hydrogen (secondary N) is 1. The first-order valence-electron chi connectivity index (χ1n) is 10.2. The van der Waals surface area contributed by atoms with E-state index in [4.69, 9.17) is 10.00 Å². The second-order valence-electron chi connectivity index (χ2n) is 7.89. The molecule has 2 unspecified atom stereocenters. The van der Waals surface area contributed by atoms with Crippen molar-refractivity contribution in [2.75, 3.05) is 13.2 Å². The molecular weight excluding hydrogens is 362 g/mol. The zero-order valence-electron chi connectivity index (χ0n) is 16.6. The van der Waals surface area contributed by atoms with Gasteiger partial charge < -0.3 is 10.1 Å². The van der Waals surface area contributed by atoms with E-state index >= 15 is 0 Å². The first-order chi connectivity index (χ1) is 14.1. The Morgan fingerprint density at radius 2 is 2.24 bits per heavy atom. The van der Waals surface area contributed by atoms with Crippen molar-refractivity contribution < 1.29 is 9.53 Å². The van der Waals surface area contributed by atoms with Crippen molar-refractivity contribution in [3.05, 3.63) is 65.4 Å². The van der Waals surface area contributed by atoms with Crippen LogP contribution in [0.4, 0.5) is 0 Å². The maximum absolute atomic E-state index is 12.9. The van der Waals surface area contributed by atoms with Crippen LogP contribution in [0.3, 0.4) is 0 Å². The van der Waals surface area contributed by atoms with Gasteiger partial charge in [0.05, 0.1) is 24.1 Å². The number of hydrogen-bond donors (Lipinski definition) is 1. The summed E-state index contributed by atoms with van der Waals surface area (Å²) in [6, 6.07) is 12.2. The van der Waals surface area contributed by atoms with Gasteiger partial charge in [0, 0.05) is 18.0 Å². The Kier molecular flexibility index (Phi) is 5.73. The Morgan fingerprint density at radius 3 is 3.00 bits per heavy atom. The van der Waals surface area contributed by atoms with Crippen molar-refractivity contribution in [1.29, 1.82) is 5.26 Å². The molecule has 2 aliphatic rings. The lowest BCUT2D eigenvalue weighted by Crippen LogP contribution is -2.44. The Bertz CT molecular complexity index is 1020. The van der Waals surface area contributed by atoms with E-state index < -0.39 is 0 Å². The van der Waals surface area contributed by atoms with Crippen molar-refractivity contribution in [2.45, 2.75) is 32.2 Å². The summed E-state index contributed by atoms with van der Waals surface area (Å²) in [4.78, 5) is 17.6. The van der Waals surface area contributed by atoms with Crippen molar-refractivity contribution in [1.82, 2.24) is 10.3 Å². The second kappa shape index (κ2) is 8.59. The van der Waals surface area contributed by atoms with Crippen LogP contribution in [-0.4, -0.2) is 30.1 Å². The summed E-state index contributed by atoms with van der Waals surface area (Å²) in [5.74, 6) is 0.113. The fourth-order valence-corrected chi connectivity index (χ4v) is 3.96. The fourth-order valence-electron chi connectivity index (χ4n) is 3.96. The number of aromatic nitrogens is 1. The predicted molar refractivity (Wildman–Crippen MR) is 112 cm³/mol. The number of nitrogens with zero attached hydrogens (tertiary/aromatic N) is 2. The molecule has 3 atom stereocenters. The number of carbonyl (C=O) groups is 1. The van der Waals surface area contributed by atoms with Gasteiger partial charge >= 0.3 is 0 Å². The van der Waals surface area contributed by atoms with Crippen LogP contribution in [0.2, 0.25) is 0 Å². The van der Waals surface area contributed by atoms with E-state index in [2.05, 4.69) is 29.4 Å². The molecule has 1 fully saturated rings. The van der Waals surface area contributed by atoms with Gasteiger partial charge in [0.25, 0.3) is 5.91 Å². The number of hydrogen-bond acceptors (Lipinski definition) is 4. The number of pyridine rings is 1. The topological polar surface area (TPSA) is 75.0 Å². The average molecular weight is 387 g/mol. The first-order valence-corrected chi connectivity index (χ1v) is 10.2. The highest BCUT2D eigenvalue weighted by atomic mass is 16.5. The molecule has 0 spiro atoms. The summed E-state index contributed by atoms with van der Waals surface area (Å²) in [7, 11) is 0. The fraction of sp³-hybridized carbons (Fsp3) is 0.375. The molecule has 29 heavy (non-hydrogen) atoms. The number of carbonyl (C=O) groups excluding carboxylic acids is 1. The summed E-state index contributed by atoms with van der Waals surface area (Å²) in [5.41, 5.74) is 3.52. The smallest absolute Gasteiger partial charge is 0.270 e. The highest BCUT2D eigenvalue weighted by Crippen LogP contribution is 2.25. The van der Waals surface area contributed by atoms with Crippen molar-refractivity contribution in [3.8, 4) is 6.07 Å². The van der Waals surface area contributed by atoms with Crippen molar-refractivity contribution in [3.63, 3.8) is 0 Å². The van der Waals surface area contributed by atoms with E-state index in [-0.39, 0.29) is 17.9 Å². The molecule has 0 bridgehead atoms. The minimum atomic E-state index is -0.131. The Balaban J connectivity index is 1.61. The van der Waals surface area contributed by atoms with Crippen LogP contribution in [-0.2, 0) is 11.2 Å². The van der Waals surface area contributed by atoms with Gasteiger partial charge in [-0.3, -0.25) is 4.79 Å². The maximum atomic E-state index is 12.9. The Labute approximate surface area is 171 Å². The lowest BCUT2D eigenvalue weighted by Gasteiger charge is -2.29. The summed E-state index contributed by atoms with van der Waals surface area (Å²) in [5, 5.41) is 13.3. The number of para-hydroxylation sites is 1. The van der Waals surface area contributed by atoms with Gasteiger partial charge in [0.15, 0.2) is 0 Å². The molecule has 1 amide bonds. The molecule has 2 aromatic rings. The van der Waals surface area contributed by atoms with E-state index in [0.717, 1.165) is 34.9 Å². The molecule has 0 radical (unpaired) electrons. The predicted octanol–water partition coefficient (Wildman–Crippen LogP) is 3.96. The van der Waals surface area contributed by atoms with Crippen LogP contribution in [0.5, 0.6) is 0 Å². The Hall–Kier alpha value is -2.97. The van der Waals surface area contributed by atoms with Gasteiger partial charge in [-0.1, -0.05) is 43.4 Å². The average Bonchev–Trinajstić information content (AvgIpc) is 2.76. The lowest BCUT2D eigenvalue weighted by molar-refractivity contribution is 0.0374. The van der Waals surface area contributed by atoms with Crippen LogP contribution in [0.15, 0.2) is 54.1 Å². The molecule has 1 aromatic heterocycles. The monoisotopic (exact) mass is 387 g/mol. The molecule has 1 N–H and O–H groups in total. The number of rotatable bonds is 4. The third kappa shape index (κ3) is 4.38. The number of fused-ring (bicyclic) bond motifs is 1. The molecule has 5 heteroatoms. The summed E-state index contributed by atoms with van der Waals surface area (Å²) in [6.45, 7) is 3.45. The highest BCUT2D eigenvalue weighted by molar-refractivity contribution is 5.96. The van der Waals surface area contributed by atoms with Crippen LogP contribution < -0.4 is 5.32 Å². The molecule has 2 heterocycles. The third-order valence-corrected chi connectivity index (χ3v) is 5.73. The second-order valence-corrected chi connectivity index (χ2v) is 7.89. The van der Waals surface area contributed by atoms with Crippen molar-refractivity contribution >= 4 is 16.8 Å². The van der Waals surface area contributed by atoms with E-state index in [1.165, 1.54) is 0 Å². The van der Waals surface area contributed by atoms with Gasteiger partial charge in [0.1, 0.15) is 5.69 Å². The van der Waals surface area contributed by atoms with E-state index in [9.17, 15) is 4.79 Å². The number of nitriles is 1. The summed E-state index contributed by atoms with van der Waals surface area (Å²) >= 11 is 0. The largest absolute Gasteiger partial charge is 0.381 e. The molecule has 148 valence electrons. The minimum Gasteiger partial charge on any atom is -0.381 e. The zero-order chi connectivity index (χ0) is 20.2. The molecule has 1 aliphatic heterocycles. The molecule has 5 nitrogen and oxygen atoms in total. The van der Waals surface area contributed by atoms with Gasteiger partial charge in [0.2, 0.25) is 0 Å². The summed E-state index contributed by atoms with van der Waals surface area (Å²) in [6.07, 6.45) is 8.37. The number of amides is 1. The van der Waals surface area contributed by atoms with E-state index in [0.29, 0.717) is 31.2 Å². The molecule has 4 rings (SSSR count). The molecule has 0 saturated carbocycles. The van der Waals surface area contributed by atoms with Crippen LogP contribution in [0, 0.1) is 23.2 Å². The molecule has 1 aliphatic carbocycles. The quantitative estimate of drug-likeness (QED) is 0.862. The standard InChI is InChI=1S/C24H25N3O2/c1-16-15-29-11-10-21(16)27-24(28)23-13-19(20-4-2-3-5-22(20)26-23)12-17-6-8-18(14-25)9-7-17/h2-8,13,16,18,21H,9-12,15H2,1H3,(H,27,28)/t16-,18?,21?/m0/s1. The maximum Gasteiger partial charge on any atom is 0.270 e. The van der Waals surface area contributed by atoms with Gasteiger partial charge in [-0.2, -0.15) is 5.26 Å². The normalized spacial score (nSPS) is 24.0.